The van der Waals surface area contributed by atoms with Crippen molar-refractivity contribution in [2.75, 3.05) is 24.7 Å². The van der Waals surface area contributed by atoms with Crippen LogP contribution in [-0.4, -0.2) is 52.0 Å². The van der Waals surface area contributed by atoms with Crippen LogP contribution in [0.1, 0.15) is 24.5 Å². The molecule has 3 rings (SSSR count). The van der Waals surface area contributed by atoms with Crippen LogP contribution in [0, 0.1) is 0 Å². The van der Waals surface area contributed by atoms with Crippen LogP contribution < -0.4 is 5.32 Å². The lowest BCUT2D eigenvalue weighted by atomic mass is 9.96. The molecule has 0 radical (unpaired) electrons. The van der Waals surface area contributed by atoms with Gasteiger partial charge in [-0.25, -0.2) is 22.7 Å². The third-order valence-corrected chi connectivity index (χ3v) is 5.03. The van der Waals surface area contributed by atoms with Crippen molar-refractivity contribution in [3.05, 3.63) is 36.7 Å². The van der Waals surface area contributed by atoms with E-state index in [1.54, 1.807) is 31.0 Å². The number of nitrogens with one attached hydrogen (secondary N) is 1. The van der Waals surface area contributed by atoms with E-state index in [0.29, 0.717) is 24.7 Å². The summed E-state index contributed by atoms with van der Waals surface area (Å²) in [5, 5.41) is 3.01. The quantitative estimate of drug-likeness (QED) is 0.895. The highest BCUT2D eigenvalue weighted by molar-refractivity contribution is 7.88. The Morgan fingerprint density at radius 1 is 1.13 bits per heavy atom. The molecule has 1 saturated heterocycles. The molecule has 3 heterocycles. The van der Waals surface area contributed by atoms with E-state index in [0.717, 1.165) is 18.5 Å². The van der Waals surface area contributed by atoms with E-state index in [-0.39, 0.29) is 5.92 Å². The van der Waals surface area contributed by atoms with Crippen molar-refractivity contribution in [3.63, 3.8) is 0 Å². The fraction of sp³-hybridized carbons (Fsp3) is 0.429. The smallest absolute Gasteiger partial charge is 0.211 e. The number of nitrogens with zero attached hydrogens (tertiary/aromatic N) is 5. The van der Waals surface area contributed by atoms with Gasteiger partial charge >= 0.3 is 0 Å². The molecule has 1 N–H and O–H groups in total. The lowest BCUT2D eigenvalue weighted by molar-refractivity contribution is 0.314. The van der Waals surface area contributed by atoms with Gasteiger partial charge in [0.25, 0.3) is 0 Å². The highest BCUT2D eigenvalue weighted by Gasteiger charge is 2.27. The second kappa shape index (κ2) is 6.55. The van der Waals surface area contributed by atoms with E-state index in [2.05, 4.69) is 25.3 Å². The van der Waals surface area contributed by atoms with Gasteiger partial charge in [0.2, 0.25) is 10.0 Å². The van der Waals surface area contributed by atoms with Crippen LogP contribution >= 0.6 is 0 Å². The van der Waals surface area contributed by atoms with E-state index in [1.165, 1.54) is 10.6 Å². The van der Waals surface area contributed by atoms with E-state index >= 15 is 0 Å². The summed E-state index contributed by atoms with van der Waals surface area (Å²) in [7, 11) is -3.16. The SMILES string of the molecule is CS(=O)(=O)N1CCCC(c2cnc(Nc3cnccn3)cn2)C1. The molecule has 1 unspecified atom stereocenters. The Morgan fingerprint density at radius 3 is 2.61 bits per heavy atom. The van der Waals surface area contributed by atoms with Gasteiger partial charge in [-0.3, -0.25) is 9.97 Å². The number of piperidine rings is 1. The lowest BCUT2D eigenvalue weighted by Gasteiger charge is -2.30. The van der Waals surface area contributed by atoms with Crippen LogP contribution in [0.3, 0.4) is 0 Å². The number of aromatic nitrogens is 4. The first-order valence-electron chi connectivity index (χ1n) is 7.32. The standard InChI is InChI=1S/C14H18N6O2S/c1-23(21,22)20-6-2-3-11(10-20)12-7-18-14(9-17-12)19-13-8-15-4-5-16-13/h4-5,7-9,11H,2-3,6,10H2,1H3,(H,16,18,19). The minimum atomic E-state index is -3.16. The van der Waals surface area contributed by atoms with E-state index in [1.807, 2.05) is 0 Å². The van der Waals surface area contributed by atoms with Gasteiger partial charge in [-0.2, -0.15) is 0 Å². The Bertz CT molecular complexity index is 751. The van der Waals surface area contributed by atoms with Crippen molar-refractivity contribution in [1.82, 2.24) is 24.2 Å². The minimum absolute atomic E-state index is 0.0801. The second-order valence-electron chi connectivity index (χ2n) is 5.50. The fourth-order valence-corrected chi connectivity index (χ4v) is 3.50. The van der Waals surface area contributed by atoms with Gasteiger partial charge in [0, 0.05) is 31.4 Å². The van der Waals surface area contributed by atoms with E-state index in [9.17, 15) is 8.42 Å². The summed E-state index contributed by atoms with van der Waals surface area (Å²) < 4.78 is 24.9. The molecule has 8 nitrogen and oxygen atoms in total. The Labute approximate surface area is 135 Å². The molecule has 0 spiro atoms. The predicted molar refractivity (Wildman–Crippen MR) is 85.7 cm³/mol. The summed E-state index contributed by atoms with van der Waals surface area (Å²) in [6, 6.07) is 0. The van der Waals surface area contributed by atoms with Gasteiger partial charge in [0.1, 0.15) is 11.6 Å². The van der Waals surface area contributed by atoms with Crippen molar-refractivity contribution >= 4 is 21.7 Å². The van der Waals surface area contributed by atoms with E-state index < -0.39 is 10.0 Å². The van der Waals surface area contributed by atoms with Crippen LogP contribution in [-0.2, 0) is 10.0 Å². The third-order valence-electron chi connectivity index (χ3n) is 3.76. The highest BCUT2D eigenvalue weighted by Crippen LogP contribution is 2.26. The molecule has 1 aliphatic heterocycles. The summed E-state index contributed by atoms with van der Waals surface area (Å²) in [5.41, 5.74) is 0.808. The van der Waals surface area contributed by atoms with Crippen LogP contribution in [0.25, 0.3) is 0 Å². The first kappa shape index (κ1) is 15.8. The fourth-order valence-electron chi connectivity index (χ4n) is 2.59. The normalized spacial score (nSPS) is 19.4. The average Bonchev–Trinajstić information content (AvgIpc) is 2.56. The zero-order valence-electron chi connectivity index (χ0n) is 12.8. The molecule has 1 atom stereocenters. The number of rotatable bonds is 4. The van der Waals surface area contributed by atoms with Crippen molar-refractivity contribution in [1.29, 1.82) is 0 Å². The minimum Gasteiger partial charge on any atom is -0.322 e. The molecule has 2 aromatic heterocycles. The van der Waals surface area contributed by atoms with Crippen molar-refractivity contribution < 1.29 is 8.42 Å². The molecule has 9 heteroatoms. The van der Waals surface area contributed by atoms with Gasteiger partial charge in [-0.15, -0.1) is 0 Å². The van der Waals surface area contributed by atoms with Crippen LogP contribution in [0.5, 0.6) is 0 Å². The van der Waals surface area contributed by atoms with Gasteiger partial charge < -0.3 is 5.32 Å². The van der Waals surface area contributed by atoms with Crippen LogP contribution in [0.2, 0.25) is 0 Å². The third kappa shape index (κ3) is 3.99. The first-order valence-corrected chi connectivity index (χ1v) is 9.17. The van der Waals surface area contributed by atoms with Crippen molar-refractivity contribution in [2.24, 2.45) is 0 Å². The molecule has 122 valence electrons. The number of anilines is 2. The zero-order chi connectivity index (χ0) is 16.3. The predicted octanol–water partition coefficient (Wildman–Crippen LogP) is 1.15. The Morgan fingerprint density at radius 2 is 1.96 bits per heavy atom. The Hall–Kier alpha value is -2.13. The maximum absolute atomic E-state index is 11.7. The number of hydrogen-bond acceptors (Lipinski definition) is 7. The molecular formula is C14H18N6O2S. The van der Waals surface area contributed by atoms with Crippen LogP contribution in [0.4, 0.5) is 11.6 Å². The van der Waals surface area contributed by atoms with Gasteiger partial charge in [0.15, 0.2) is 0 Å². The van der Waals surface area contributed by atoms with Crippen LogP contribution in [0.15, 0.2) is 31.0 Å². The monoisotopic (exact) mass is 334 g/mol. The van der Waals surface area contributed by atoms with Gasteiger partial charge in [-0.05, 0) is 12.8 Å². The molecule has 1 aliphatic rings. The summed E-state index contributed by atoms with van der Waals surface area (Å²) >= 11 is 0. The summed E-state index contributed by atoms with van der Waals surface area (Å²) in [4.78, 5) is 16.8. The Kier molecular flexibility index (Phi) is 4.49. The first-order chi connectivity index (χ1) is 11.0. The summed E-state index contributed by atoms with van der Waals surface area (Å²) in [6.07, 6.45) is 11.1. The molecule has 1 fully saturated rings. The molecule has 23 heavy (non-hydrogen) atoms. The second-order valence-corrected chi connectivity index (χ2v) is 7.48. The van der Waals surface area contributed by atoms with Gasteiger partial charge in [0.05, 0.1) is 30.5 Å². The molecular weight excluding hydrogens is 316 g/mol. The average molecular weight is 334 g/mol. The molecule has 0 saturated carbocycles. The van der Waals surface area contributed by atoms with E-state index in [4.69, 9.17) is 0 Å². The largest absolute Gasteiger partial charge is 0.322 e. The molecule has 0 aromatic carbocycles. The maximum atomic E-state index is 11.7. The Balaban J connectivity index is 1.69. The summed E-state index contributed by atoms with van der Waals surface area (Å²) in [6.45, 7) is 1.04. The number of hydrogen-bond donors (Lipinski definition) is 1. The maximum Gasteiger partial charge on any atom is 0.211 e. The number of sulfonamides is 1. The topological polar surface area (TPSA) is 101 Å². The van der Waals surface area contributed by atoms with Crippen molar-refractivity contribution in [2.45, 2.75) is 18.8 Å². The zero-order valence-corrected chi connectivity index (χ0v) is 13.6. The molecule has 0 amide bonds. The lowest BCUT2D eigenvalue weighted by Crippen LogP contribution is -2.38. The summed E-state index contributed by atoms with van der Waals surface area (Å²) in [5.74, 6) is 1.25. The molecule has 2 aromatic rings. The molecule has 0 aliphatic carbocycles. The highest BCUT2D eigenvalue weighted by atomic mass is 32.2. The molecule has 0 bridgehead atoms. The van der Waals surface area contributed by atoms with Crippen molar-refractivity contribution in [3.8, 4) is 0 Å². The van der Waals surface area contributed by atoms with Gasteiger partial charge in [-0.1, -0.05) is 0 Å².